The molecule has 4 aliphatic rings. The monoisotopic (exact) mass is 592 g/mol. The molecule has 0 aliphatic heterocycles. The van der Waals surface area contributed by atoms with E-state index in [1.54, 1.807) is 0 Å². The quantitative estimate of drug-likeness (QED) is 0.310. The van der Waals surface area contributed by atoms with E-state index in [0.29, 0.717) is 27.8 Å². The second-order valence-electron chi connectivity index (χ2n) is 13.9. The molecular formula is C30H45BrN2O5. The molecule has 5 atom stereocenters. The minimum atomic E-state index is -0.609. The van der Waals surface area contributed by atoms with Crippen LogP contribution in [0.3, 0.4) is 0 Å². The molecule has 38 heavy (non-hydrogen) atoms. The van der Waals surface area contributed by atoms with Crippen molar-refractivity contribution >= 4 is 17.8 Å². The van der Waals surface area contributed by atoms with Gasteiger partial charge in [-0.15, -0.1) is 0 Å². The van der Waals surface area contributed by atoms with Crippen LogP contribution in [-0.4, -0.2) is 61.7 Å². The number of hydrogen-bond acceptors (Lipinski definition) is 5. The lowest BCUT2D eigenvalue weighted by atomic mass is 9.43. The molecule has 2 unspecified atom stereocenters. The fourth-order valence-corrected chi connectivity index (χ4v) is 8.14. The topological polar surface area (TPSA) is 81.7 Å². The summed E-state index contributed by atoms with van der Waals surface area (Å²) in [5, 5.41) is 3.36. The minimum absolute atomic E-state index is 0. The fourth-order valence-electron chi connectivity index (χ4n) is 8.14. The van der Waals surface area contributed by atoms with Crippen LogP contribution in [0.5, 0.6) is 0 Å². The van der Waals surface area contributed by atoms with Crippen molar-refractivity contribution in [3.8, 4) is 0 Å². The van der Waals surface area contributed by atoms with Crippen LogP contribution in [0.15, 0.2) is 30.3 Å². The van der Waals surface area contributed by atoms with Crippen LogP contribution in [-0.2, 0) is 30.5 Å². The van der Waals surface area contributed by atoms with Gasteiger partial charge in [0.15, 0.2) is 6.10 Å². The van der Waals surface area contributed by atoms with Crippen molar-refractivity contribution in [1.82, 2.24) is 5.32 Å². The van der Waals surface area contributed by atoms with Crippen LogP contribution in [0.25, 0.3) is 0 Å². The molecule has 0 radical (unpaired) electrons. The molecule has 5 rings (SSSR count). The highest BCUT2D eigenvalue weighted by molar-refractivity contribution is 5.82. The Hall–Kier alpha value is -1.93. The van der Waals surface area contributed by atoms with Crippen LogP contribution < -0.4 is 22.3 Å². The standard InChI is InChI=1S/C30H44N2O5.BrH/c1-28-14-23-15-29(2,19-28)21-30(16-23,20-28)31-25(33)11-12-26(34)37-24(17-32(3,4)5)13-27(35)36-18-22-9-7-6-8-10-22;/h6-10,23-24H,11-21H2,1-5H3;1H/t23?,24-,28-,29+,30?;/m1./s1. The van der Waals surface area contributed by atoms with Gasteiger partial charge in [0.1, 0.15) is 13.2 Å². The lowest BCUT2D eigenvalue weighted by Gasteiger charge is -2.65. The van der Waals surface area contributed by atoms with E-state index < -0.39 is 18.0 Å². The number of esters is 2. The molecule has 1 aromatic rings. The van der Waals surface area contributed by atoms with Gasteiger partial charge in [0.2, 0.25) is 5.91 Å². The molecule has 1 amide bonds. The summed E-state index contributed by atoms with van der Waals surface area (Å²) in [6.07, 6.45) is 6.43. The zero-order chi connectivity index (χ0) is 26.9. The first-order valence-corrected chi connectivity index (χ1v) is 13.8. The molecule has 4 saturated carbocycles. The number of carbonyl (C=O) groups excluding carboxylic acids is 3. The van der Waals surface area contributed by atoms with Crippen LogP contribution in [0.2, 0.25) is 0 Å². The minimum Gasteiger partial charge on any atom is -1.00 e. The first-order valence-electron chi connectivity index (χ1n) is 13.8. The van der Waals surface area contributed by atoms with E-state index in [0.717, 1.165) is 24.8 Å². The number of quaternary nitrogens is 1. The molecule has 0 saturated heterocycles. The normalized spacial score (nSPS) is 30.2. The van der Waals surface area contributed by atoms with Gasteiger partial charge >= 0.3 is 11.9 Å². The predicted molar refractivity (Wildman–Crippen MR) is 141 cm³/mol. The summed E-state index contributed by atoms with van der Waals surface area (Å²) >= 11 is 0. The van der Waals surface area contributed by atoms with E-state index >= 15 is 0 Å². The highest BCUT2D eigenvalue weighted by Crippen LogP contribution is 2.66. The van der Waals surface area contributed by atoms with Gasteiger partial charge in [0.25, 0.3) is 0 Å². The number of benzene rings is 1. The molecule has 0 spiro atoms. The average Bonchev–Trinajstić information content (AvgIpc) is 2.73. The van der Waals surface area contributed by atoms with E-state index in [-0.39, 0.29) is 54.3 Å². The van der Waals surface area contributed by atoms with E-state index in [1.807, 2.05) is 51.5 Å². The van der Waals surface area contributed by atoms with Gasteiger partial charge in [0.05, 0.1) is 34.0 Å². The average molecular weight is 594 g/mol. The summed E-state index contributed by atoms with van der Waals surface area (Å²) in [7, 11) is 5.95. The number of nitrogens with one attached hydrogen (secondary N) is 1. The summed E-state index contributed by atoms with van der Waals surface area (Å²) in [5.41, 5.74) is 1.41. The van der Waals surface area contributed by atoms with Gasteiger partial charge in [-0.3, -0.25) is 14.4 Å². The molecule has 212 valence electrons. The molecule has 4 fully saturated rings. The molecule has 0 heterocycles. The third kappa shape index (κ3) is 8.28. The Morgan fingerprint density at radius 2 is 1.58 bits per heavy atom. The Kier molecular flexibility index (Phi) is 9.40. The van der Waals surface area contributed by atoms with E-state index in [2.05, 4.69) is 19.2 Å². The van der Waals surface area contributed by atoms with Crippen molar-refractivity contribution in [2.75, 3.05) is 27.7 Å². The number of nitrogens with zero attached hydrogens (tertiary/aromatic N) is 1. The van der Waals surface area contributed by atoms with Crippen molar-refractivity contribution in [3.05, 3.63) is 35.9 Å². The summed E-state index contributed by atoms with van der Waals surface area (Å²) in [6.45, 7) is 5.42. The van der Waals surface area contributed by atoms with Gasteiger partial charge in [-0.2, -0.15) is 0 Å². The molecular weight excluding hydrogens is 548 g/mol. The number of likely N-dealkylation sites (N-methyl/N-ethyl adjacent to an activating group) is 1. The van der Waals surface area contributed by atoms with Crippen LogP contribution in [0.4, 0.5) is 0 Å². The second kappa shape index (κ2) is 11.7. The number of rotatable bonds is 11. The highest BCUT2D eigenvalue weighted by Gasteiger charge is 2.60. The van der Waals surface area contributed by atoms with Crippen molar-refractivity contribution in [3.63, 3.8) is 0 Å². The third-order valence-electron chi connectivity index (χ3n) is 8.27. The first kappa shape index (κ1) is 30.6. The maximum Gasteiger partial charge on any atom is 0.310 e. The smallest absolute Gasteiger partial charge is 0.310 e. The molecule has 1 aromatic carbocycles. The summed E-state index contributed by atoms with van der Waals surface area (Å²) in [5.74, 6) is -0.239. The predicted octanol–water partition coefficient (Wildman–Crippen LogP) is 1.39. The molecule has 4 bridgehead atoms. The Balaban J connectivity index is 0.00000400. The van der Waals surface area contributed by atoms with Crippen LogP contribution in [0.1, 0.15) is 77.2 Å². The lowest BCUT2D eigenvalue weighted by Crippen LogP contribution is -3.00. The maximum absolute atomic E-state index is 13.0. The van der Waals surface area contributed by atoms with Crippen LogP contribution >= 0.6 is 0 Å². The van der Waals surface area contributed by atoms with E-state index in [4.69, 9.17) is 9.47 Å². The maximum atomic E-state index is 13.0. The van der Waals surface area contributed by atoms with Gasteiger partial charge < -0.3 is 36.3 Å². The van der Waals surface area contributed by atoms with E-state index in [9.17, 15) is 14.4 Å². The first-order chi connectivity index (χ1) is 17.2. The number of carbonyl (C=O) groups is 3. The van der Waals surface area contributed by atoms with Gasteiger partial charge in [-0.1, -0.05) is 44.2 Å². The van der Waals surface area contributed by atoms with Gasteiger partial charge in [-0.25, -0.2) is 0 Å². The fraction of sp³-hybridized carbons (Fsp3) is 0.700. The van der Waals surface area contributed by atoms with Gasteiger partial charge in [-0.05, 0) is 60.8 Å². The molecule has 1 N–H and O–H groups in total. The Bertz CT molecular complexity index is 990. The zero-order valence-corrected chi connectivity index (χ0v) is 25.3. The second-order valence-corrected chi connectivity index (χ2v) is 13.9. The number of hydrogen-bond donors (Lipinski definition) is 1. The molecule has 4 aliphatic carbocycles. The lowest BCUT2D eigenvalue weighted by molar-refractivity contribution is -0.873. The SMILES string of the molecule is C[C@]12CC3CC(NC(=O)CCC(=O)O[C@H](CC(=O)OCc4ccccc4)C[N+](C)(C)C)(C1)C[C@@](C)(C3)C2.[Br-]. The largest absolute Gasteiger partial charge is 1.00 e. The third-order valence-corrected chi connectivity index (χ3v) is 8.27. The summed E-state index contributed by atoms with van der Waals surface area (Å²) in [6, 6.07) is 9.49. The zero-order valence-electron chi connectivity index (χ0n) is 23.7. The summed E-state index contributed by atoms with van der Waals surface area (Å²) < 4.78 is 11.6. The molecule has 0 aromatic heterocycles. The highest BCUT2D eigenvalue weighted by atomic mass is 79.9. The summed E-state index contributed by atoms with van der Waals surface area (Å²) in [4.78, 5) is 38.1. The Morgan fingerprint density at radius 3 is 2.16 bits per heavy atom. The van der Waals surface area contributed by atoms with Crippen molar-refractivity contribution in [1.29, 1.82) is 0 Å². The molecule has 8 heteroatoms. The number of halogens is 1. The number of ether oxygens (including phenoxy) is 2. The Morgan fingerprint density at radius 1 is 0.947 bits per heavy atom. The van der Waals surface area contributed by atoms with Crippen LogP contribution in [0, 0.1) is 16.7 Å². The molecule has 7 nitrogen and oxygen atoms in total. The van der Waals surface area contributed by atoms with E-state index in [1.165, 1.54) is 19.3 Å². The van der Waals surface area contributed by atoms with Crippen molar-refractivity contribution in [2.45, 2.75) is 89.9 Å². The number of amides is 1. The van der Waals surface area contributed by atoms with Crippen molar-refractivity contribution in [2.24, 2.45) is 16.7 Å². The Labute approximate surface area is 238 Å². The van der Waals surface area contributed by atoms with Crippen molar-refractivity contribution < 1.29 is 45.3 Å². The van der Waals surface area contributed by atoms with Gasteiger partial charge in [0, 0.05) is 12.0 Å².